The third kappa shape index (κ3) is 4.96. The van der Waals surface area contributed by atoms with Gasteiger partial charge in [0.25, 0.3) is 0 Å². The molecule has 11 heteroatoms. The zero-order valence-electron chi connectivity index (χ0n) is 13.8. The Morgan fingerprint density at radius 1 is 1.33 bits per heavy atom. The molecule has 1 saturated carbocycles. The van der Waals surface area contributed by atoms with Crippen molar-refractivity contribution in [2.45, 2.75) is 31.8 Å². The van der Waals surface area contributed by atoms with E-state index in [4.69, 9.17) is 5.11 Å². The maximum absolute atomic E-state index is 12.5. The molecule has 0 bridgehead atoms. The molecule has 3 rings (SSSR count). The molecule has 1 aliphatic rings. The summed E-state index contributed by atoms with van der Waals surface area (Å²) in [6.45, 7) is -0.302. The van der Waals surface area contributed by atoms with Crippen molar-refractivity contribution in [3.63, 3.8) is 0 Å². The monoisotopic (exact) mass is 384 g/mol. The highest BCUT2D eigenvalue weighted by atomic mass is 19.4. The smallest absolute Gasteiger partial charge is 0.480 e. The highest BCUT2D eigenvalue weighted by Crippen LogP contribution is 2.51. The first kappa shape index (κ1) is 18.7. The molecular weight excluding hydrogens is 369 g/mol. The van der Waals surface area contributed by atoms with Crippen LogP contribution in [-0.4, -0.2) is 38.3 Å². The molecule has 1 amide bonds. The number of aromatic nitrogens is 3. The highest BCUT2D eigenvalue weighted by molar-refractivity contribution is 5.83. The van der Waals surface area contributed by atoms with Crippen molar-refractivity contribution in [3.8, 4) is 5.75 Å². The molecule has 0 saturated heterocycles. The van der Waals surface area contributed by atoms with Crippen molar-refractivity contribution < 1.29 is 32.6 Å². The van der Waals surface area contributed by atoms with Gasteiger partial charge < -0.3 is 15.2 Å². The number of halogens is 3. The second-order valence-corrected chi connectivity index (χ2v) is 6.05. The number of ether oxygens (including phenoxy) is 1. The van der Waals surface area contributed by atoms with Crippen LogP contribution in [-0.2, 0) is 22.7 Å². The third-order valence-corrected chi connectivity index (χ3v) is 4.00. The Morgan fingerprint density at radius 3 is 2.78 bits per heavy atom. The molecule has 1 aromatic carbocycles. The molecule has 2 N–H and O–H groups in total. The standard InChI is InChI=1S/C16H15F3N4O4/c17-16(18,19)27-13-4-2-1-3-10(13)11-5-12(11)15(26)20-6-9-7-23(22-21-9)8-14(24)25/h1-4,7,11-12H,5-6,8H2,(H,20,26)(H,24,25). The van der Waals surface area contributed by atoms with E-state index in [0.29, 0.717) is 17.7 Å². The van der Waals surface area contributed by atoms with Crippen LogP contribution < -0.4 is 10.1 Å². The van der Waals surface area contributed by atoms with Crippen LogP contribution in [0.2, 0.25) is 0 Å². The molecule has 0 aliphatic heterocycles. The van der Waals surface area contributed by atoms with Gasteiger partial charge in [0.15, 0.2) is 0 Å². The lowest BCUT2D eigenvalue weighted by atomic mass is 10.1. The first-order valence-electron chi connectivity index (χ1n) is 7.96. The molecule has 1 aliphatic carbocycles. The molecule has 2 aromatic rings. The van der Waals surface area contributed by atoms with Crippen LogP contribution in [0.1, 0.15) is 23.6 Å². The Morgan fingerprint density at radius 2 is 2.07 bits per heavy atom. The van der Waals surface area contributed by atoms with E-state index in [0.717, 1.165) is 4.68 Å². The lowest BCUT2D eigenvalue weighted by Gasteiger charge is -2.13. The summed E-state index contributed by atoms with van der Waals surface area (Å²) in [5, 5.41) is 18.7. The van der Waals surface area contributed by atoms with E-state index in [2.05, 4.69) is 20.4 Å². The summed E-state index contributed by atoms with van der Waals surface area (Å²) < 4.78 is 42.6. The SMILES string of the molecule is O=C(O)Cn1cc(CNC(=O)C2CC2c2ccccc2OC(F)(F)F)nn1. The summed E-state index contributed by atoms with van der Waals surface area (Å²) in [6, 6.07) is 5.75. The van der Waals surface area contributed by atoms with Crippen LogP contribution in [0.3, 0.4) is 0 Å². The van der Waals surface area contributed by atoms with Crippen molar-refractivity contribution in [2.24, 2.45) is 5.92 Å². The molecule has 8 nitrogen and oxygen atoms in total. The lowest BCUT2D eigenvalue weighted by Crippen LogP contribution is -2.25. The maximum Gasteiger partial charge on any atom is 0.573 e. The Balaban J connectivity index is 1.57. The molecule has 2 atom stereocenters. The fourth-order valence-electron chi connectivity index (χ4n) is 2.78. The van der Waals surface area contributed by atoms with Crippen LogP contribution in [0.15, 0.2) is 30.5 Å². The van der Waals surface area contributed by atoms with Gasteiger partial charge in [-0.2, -0.15) is 0 Å². The number of aliphatic carboxylic acids is 1. The molecular formula is C16H15F3N4O4. The van der Waals surface area contributed by atoms with Gasteiger partial charge in [-0.15, -0.1) is 18.3 Å². The number of amides is 1. The van der Waals surface area contributed by atoms with Gasteiger partial charge >= 0.3 is 12.3 Å². The van der Waals surface area contributed by atoms with E-state index in [9.17, 15) is 22.8 Å². The quantitative estimate of drug-likeness (QED) is 0.752. The first-order valence-corrected chi connectivity index (χ1v) is 7.96. The second-order valence-electron chi connectivity index (χ2n) is 6.05. The molecule has 1 fully saturated rings. The van der Waals surface area contributed by atoms with Gasteiger partial charge in [0.05, 0.1) is 12.7 Å². The van der Waals surface area contributed by atoms with Gasteiger partial charge in [-0.1, -0.05) is 23.4 Å². The lowest BCUT2D eigenvalue weighted by molar-refractivity contribution is -0.274. The molecule has 0 radical (unpaired) electrons. The van der Waals surface area contributed by atoms with Crippen LogP contribution in [0.5, 0.6) is 5.75 Å². The summed E-state index contributed by atoms with van der Waals surface area (Å²) in [4.78, 5) is 22.8. The van der Waals surface area contributed by atoms with Crippen molar-refractivity contribution in [1.82, 2.24) is 20.3 Å². The average molecular weight is 384 g/mol. The first-order chi connectivity index (χ1) is 12.7. The fourth-order valence-corrected chi connectivity index (χ4v) is 2.78. The Bertz CT molecular complexity index is 852. The number of rotatable bonds is 7. The summed E-state index contributed by atoms with van der Waals surface area (Å²) in [7, 11) is 0. The molecule has 1 heterocycles. The number of para-hydroxylation sites is 1. The number of carbonyl (C=O) groups is 2. The summed E-state index contributed by atoms with van der Waals surface area (Å²) >= 11 is 0. The zero-order chi connectivity index (χ0) is 19.6. The van der Waals surface area contributed by atoms with Gasteiger partial charge in [-0.25, -0.2) is 4.68 Å². The summed E-state index contributed by atoms with van der Waals surface area (Å²) in [6.07, 6.45) is -2.99. The Hall–Kier alpha value is -3.11. The van der Waals surface area contributed by atoms with Gasteiger partial charge in [0, 0.05) is 5.92 Å². The second kappa shape index (κ2) is 7.25. The predicted molar refractivity (Wildman–Crippen MR) is 83.5 cm³/mol. The minimum absolute atomic E-state index is 0.0440. The average Bonchev–Trinajstić information content (AvgIpc) is 3.24. The minimum Gasteiger partial charge on any atom is -0.480 e. The normalized spacial score (nSPS) is 18.8. The molecule has 144 valence electrons. The van der Waals surface area contributed by atoms with Crippen LogP contribution in [0, 0.1) is 5.92 Å². The number of alkyl halides is 3. The highest BCUT2D eigenvalue weighted by Gasteiger charge is 2.46. The van der Waals surface area contributed by atoms with E-state index in [-0.39, 0.29) is 30.7 Å². The van der Waals surface area contributed by atoms with Crippen molar-refractivity contribution >= 4 is 11.9 Å². The largest absolute Gasteiger partial charge is 0.573 e. The van der Waals surface area contributed by atoms with E-state index in [1.165, 1.54) is 24.4 Å². The fraction of sp³-hybridized carbons (Fsp3) is 0.375. The number of carbonyl (C=O) groups excluding carboxylic acids is 1. The number of carboxylic acid groups (broad SMARTS) is 1. The Labute approximate surface area is 150 Å². The third-order valence-electron chi connectivity index (χ3n) is 4.00. The molecule has 1 aromatic heterocycles. The number of hydrogen-bond donors (Lipinski definition) is 2. The number of carboxylic acids is 1. The topological polar surface area (TPSA) is 106 Å². The molecule has 0 spiro atoms. The summed E-state index contributed by atoms with van der Waals surface area (Å²) in [5.41, 5.74) is 0.713. The molecule has 27 heavy (non-hydrogen) atoms. The zero-order valence-corrected chi connectivity index (χ0v) is 13.8. The maximum atomic E-state index is 12.5. The van der Waals surface area contributed by atoms with Crippen LogP contribution in [0.25, 0.3) is 0 Å². The van der Waals surface area contributed by atoms with Gasteiger partial charge in [-0.3, -0.25) is 9.59 Å². The van der Waals surface area contributed by atoms with Crippen LogP contribution in [0.4, 0.5) is 13.2 Å². The number of nitrogens with one attached hydrogen (secondary N) is 1. The number of benzene rings is 1. The van der Waals surface area contributed by atoms with Gasteiger partial charge in [-0.05, 0) is 24.0 Å². The van der Waals surface area contributed by atoms with E-state index in [1.807, 2.05) is 0 Å². The number of nitrogens with zero attached hydrogens (tertiary/aromatic N) is 3. The van der Waals surface area contributed by atoms with E-state index >= 15 is 0 Å². The van der Waals surface area contributed by atoms with Crippen molar-refractivity contribution in [2.75, 3.05) is 0 Å². The van der Waals surface area contributed by atoms with Crippen molar-refractivity contribution in [3.05, 3.63) is 41.7 Å². The van der Waals surface area contributed by atoms with Crippen molar-refractivity contribution in [1.29, 1.82) is 0 Å². The minimum atomic E-state index is -4.80. The van der Waals surface area contributed by atoms with E-state index < -0.39 is 18.2 Å². The van der Waals surface area contributed by atoms with Gasteiger partial charge in [0.2, 0.25) is 5.91 Å². The van der Waals surface area contributed by atoms with Gasteiger partial charge in [0.1, 0.15) is 18.0 Å². The van der Waals surface area contributed by atoms with E-state index in [1.54, 1.807) is 6.07 Å². The summed E-state index contributed by atoms with van der Waals surface area (Å²) in [5.74, 6) is -2.52. The number of hydrogen-bond acceptors (Lipinski definition) is 5. The van der Waals surface area contributed by atoms with Crippen LogP contribution >= 0.6 is 0 Å². The molecule has 2 unspecified atom stereocenters. The Kier molecular flexibility index (Phi) is 5.02. The predicted octanol–water partition coefficient (Wildman–Crippen LogP) is 1.68.